The molecule has 1 fully saturated rings. The van der Waals surface area contributed by atoms with Gasteiger partial charge in [-0.3, -0.25) is 9.59 Å². The Morgan fingerprint density at radius 2 is 1.83 bits per heavy atom. The minimum absolute atomic E-state index is 0.0169. The van der Waals surface area contributed by atoms with Gasteiger partial charge >= 0.3 is 0 Å². The highest BCUT2D eigenvalue weighted by Crippen LogP contribution is 2.41. The van der Waals surface area contributed by atoms with E-state index >= 15 is 0 Å². The molecule has 0 radical (unpaired) electrons. The van der Waals surface area contributed by atoms with Crippen molar-refractivity contribution in [3.05, 3.63) is 64.7 Å². The summed E-state index contributed by atoms with van der Waals surface area (Å²) >= 11 is 0. The topological polar surface area (TPSA) is 85.3 Å². The van der Waals surface area contributed by atoms with E-state index in [9.17, 15) is 14.7 Å². The number of rotatable bonds is 9. The third-order valence-electron chi connectivity index (χ3n) is 6.09. The van der Waals surface area contributed by atoms with E-state index < -0.39 is 17.7 Å². The fraction of sp³-hybridized carbons (Fsp3) is 0.448. The Bertz CT molecular complexity index is 1140. The van der Waals surface area contributed by atoms with Gasteiger partial charge in [0.25, 0.3) is 11.7 Å². The molecule has 0 aromatic heterocycles. The van der Waals surface area contributed by atoms with Crippen molar-refractivity contribution >= 4 is 17.4 Å². The molecule has 7 heteroatoms. The van der Waals surface area contributed by atoms with Crippen LogP contribution in [0.25, 0.3) is 5.76 Å². The highest BCUT2D eigenvalue weighted by molar-refractivity contribution is 6.46. The Kier molecular flexibility index (Phi) is 8.46. The molecule has 1 aliphatic rings. The predicted molar refractivity (Wildman–Crippen MR) is 139 cm³/mol. The number of aliphatic hydroxyl groups is 1. The van der Waals surface area contributed by atoms with Crippen LogP contribution >= 0.6 is 0 Å². The molecular weight excluding hydrogens is 458 g/mol. The molecule has 3 rings (SSSR count). The second-order valence-corrected chi connectivity index (χ2v) is 10.1. The van der Waals surface area contributed by atoms with Gasteiger partial charge in [0.1, 0.15) is 17.3 Å². The van der Waals surface area contributed by atoms with Gasteiger partial charge in [-0.2, -0.15) is 0 Å². The first kappa shape index (κ1) is 27.3. The first-order valence-corrected chi connectivity index (χ1v) is 12.3. The van der Waals surface area contributed by atoms with Gasteiger partial charge in [-0.15, -0.1) is 0 Å². The lowest BCUT2D eigenvalue weighted by Gasteiger charge is -2.26. The average Bonchev–Trinajstić information content (AvgIpc) is 3.08. The summed E-state index contributed by atoms with van der Waals surface area (Å²) in [4.78, 5) is 27.9. The Balaban J connectivity index is 2.17. The second kappa shape index (κ2) is 11.2. The van der Waals surface area contributed by atoms with Crippen molar-refractivity contribution in [2.75, 3.05) is 26.9 Å². The number of aliphatic hydroxyl groups excluding tert-OH is 1. The Morgan fingerprint density at radius 1 is 1.11 bits per heavy atom. The van der Waals surface area contributed by atoms with Crippen molar-refractivity contribution in [3.8, 4) is 11.5 Å². The van der Waals surface area contributed by atoms with E-state index in [1.54, 1.807) is 37.4 Å². The summed E-state index contributed by atoms with van der Waals surface area (Å²) in [5.41, 5.74) is 1.79. The minimum atomic E-state index is -0.777. The molecule has 0 saturated carbocycles. The molecule has 0 spiro atoms. The predicted octanol–water partition coefficient (Wildman–Crippen LogP) is 5.24. The Labute approximate surface area is 213 Å². The van der Waals surface area contributed by atoms with Crippen LogP contribution < -0.4 is 9.47 Å². The summed E-state index contributed by atoms with van der Waals surface area (Å²) in [6.45, 7) is 12.9. The second-order valence-electron chi connectivity index (χ2n) is 10.1. The lowest BCUT2D eigenvalue weighted by atomic mass is 9.84. The van der Waals surface area contributed by atoms with Crippen molar-refractivity contribution < 1.29 is 28.9 Å². The van der Waals surface area contributed by atoms with E-state index in [0.717, 1.165) is 11.3 Å². The zero-order valence-electron chi connectivity index (χ0n) is 22.3. The van der Waals surface area contributed by atoms with E-state index in [1.807, 2.05) is 32.9 Å². The van der Waals surface area contributed by atoms with Gasteiger partial charge in [-0.05, 0) is 62.1 Å². The van der Waals surface area contributed by atoms with E-state index in [2.05, 4.69) is 20.8 Å². The number of likely N-dealkylation sites (tertiary alicyclic amines) is 1. The molecule has 1 atom stereocenters. The maximum absolute atomic E-state index is 13.3. The number of amides is 1. The summed E-state index contributed by atoms with van der Waals surface area (Å²) in [5, 5.41) is 11.5. The number of carbonyl (C=O) groups is 2. The molecular formula is C29H37NO6. The molecule has 0 aliphatic carbocycles. The molecule has 0 bridgehead atoms. The summed E-state index contributed by atoms with van der Waals surface area (Å²) < 4.78 is 16.8. The van der Waals surface area contributed by atoms with Crippen LogP contribution in [0.15, 0.2) is 48.0 Å². The van der Waals surface area contributed by atoms with Crippen LogP contribution in [0.3, 0.4) is 0 Å². The third-order valence-corrected chi connectivity index (χ3v) is 6.09. The van der Waals surface area contributed by atoms with Gasteiger partial charge in [0.15, 0.2) is 0 Å². The van der Waals surface area contributed by atoms with E-state index in [-0.39, 0.29) is 36.0 Å². The first-order chi connectivity index (χ1) is 17.0. The third kappa shape index (κ3) is 5.73. The monoisotopic (exact) mass is 495 g/mol. The normalized spacial score (nSPS) is 17.7. The van der Waals surface area contributed by atoms with E-state index in [0.29, 0.717) is 23.5 Å². The number of Topliss-reactive ketones (excluding diaryl/α,β-unsaturated/α-hetero) is 1. The number of methoxy groups -OCH3 is 1. The summed E-state index contributed by atoms with van der Waals surface area (Å²) in [6, 6.07) is 11.8. The number of nitrogens with zero attached hydrogens (tertiary/aromatic N) is 1. The highest BCUT2D eigenvalue weighted by Gasteiger charge is 2.46. The van der Waals surface area contributed by atoms with Gasteiger partial charge in [0.2, 0.25) is 0 Å². The number of ketones is 1. The number of hydrogen-bond donors (Lipinski definition) is 1. The maximum atomic E-state index is 13.3. The Hall–Kier alpha value is -3.32. The lowest BCUT2D eigenvalue weighted by Crippen LogP contribution is -2.33. The molecule has 1 heterocycles. The average molecular weight is 496 g/mol. The summed E-state index contributed by atoms with van der Waals surface area (Å²) in [5.74, 6) is -0.304. The zero-order chi connectivity index (χ0) is 26.6. The van der Waals surface area contributed by atoms with Crippen LogP contribution in [0.5, 0.6) is 11.5 Å². The first-order valence-electron chi connectivity index (χ1n) is 12.3. The molecule has 1 amide bonds. The zero-order valence-corrected chi connectivity index (χ0v) is 22.3. The van der Waals surface area contributed by atoms with Gasteiger partial charge in [-0.25, -0.2) is 0 Å². The molecule has 194 valence electrons. The van der Waals surface area contributed by atoms with Crippen LogP contribution in [0.4, 0.5) is 0 Å². The Morgan fingerprint density at radius 3 is 2.44 bits per heavy atom. The highest BCUT2D eigenvalue weighted by atomic mass is 16.5. The van der Waals surface area contributed by atoms with Crippen molar-refractivity contribution in [2.24, 2.45) is 0 Å². The number of carbonyl (C=O) groups excluding carboxylic acids is 2. The van der Waals surface area contributed by atoms with Gasteiger partial charge < -0.3 is 24.2 Å². The fourth-order valence-corrected chi connectivity index (χ4v) is 4.36. The smallest absolute Gasteiger partial charge is 0.295 e. The van der Waals surface area contributed by atoms with Crippen LogP contribution in [0.1, 0.15) is 64.3 Å². The van der Waals surface area contributed by atoms with Gasteiger partial charge in [-0.1, -0.05) is 32.9 Å². The van der Waals surface area contributed by atoms with E-state index in [1.165, 1.54) is 4.90 Å². The minimum Gasteiger partial charge on any atom is -0.507 e. The van der Waals surface area contributed by atoms with Crippen molar-refractivity contribution in [3.63, 3.8) is 0 Å². The van der Waals surface area contributed by atoms with E-state index in [4.69, 9.17) is 14.2 Å². The molecule has 2 aromatic rings. The van der Waals surface area contributed by atoms with Gasteiger partial charge in [0.05, 0.1) is 38.0 Å². The SMILES string of the molecule is CCOc1ccc(/C(O)=C2/C(=O)C(=O)N(CCOC(C)C)C2c2cccc(OC)c2)cc1C(C)(C)C. The maximum Gasteiger partial charge on any atom is 0.295 e. The fourth-order valence-electron chi connectivity index (χ4n) is 4.36. The van der Waals surface area contributed by atoms with Crippen molar-refractivity contribution in [1.82, 2.24) is 4.90 Å². The molecule has 2 aromatic carbocycles. The van der Waals surface area contributed by atoms with Crippen LogP contribution in [0, 0.1) is 0 Å². The van der Waals surface area contributed by atoms with Crippen molar-refractivity contribution in [2.45, 2.75) is 59.1 Å². The largest absolute Gasteiger partial charge is 0.507 e. The number of benzene rings is 2. The number of hydrogen-bond acceptors (Lipinski definition) is 6. The molecule has 1 unspecified atom stereocenters. The quantitative estimate of drug-likeness (QED) is 0.291. The molecule has 1 aliphatic heterocycles. The number of ether oxygens (including phenoxy) is 3. The molecule has 7 nitrogen and oxygen atoms in total. The van der Waals surface area contributed by atoms with Crippen molar-refractivity contribution in [1.29, 1.82) is 0 Å². The molecule has 36 heavy (non-hydrogen) atoms. The lowest BCUT2D eigenvalue weighted by molar-refractivity contribution is -0.140. The molecule has 1 N–H and O–H groups in total. The standard InChI is InChI=1S/C29H37NO6/c1-8-35-23-13-12-20(17-22(23)29(4,5)6)26(31)24-25(19-10-9-11-21(16-19)34-7)30(28(33)27(24)32)14-15-36-18(2)3/h9-13,16-18,25,31H,8,14-15H2,1-7H3/b26-24-. The summed E-state index contributed by atoms with van der Waals surface area (Å²) in [7, 11) is 1.56. The summed E-state index contributed by atoms with van der Waals surface area (Å²) in [6.07, 6.45) is -0.0169. The van der Waals surface area contributed by atoms with Gasteiger partial charge in [0, 0.05) is 17.7 Å². The van der Waals surface area contributed by atoms with Crippen LogP contribution in [0.2, 0.25) is 0 Å². The molecule has 1 saturated heterocycles. The van der Waals surface area contributed by atoms with Crippen LogP contribution in [-0.4, -0.2) is 54.7 Å². The van der Waals surface area contributed by atoms with Crippen LogP contribution in [-0.2, 0) is 19.7 Å².